The molecule has 0 aromatic heterocycles. The number of benzene rings is 1. The third kappa shape index (κ3) is 2.68. The van der Waals surface area contributed by atoms with Gasteiger partial charge in [0.2, 0.25) is 5.91 Å². The molecule has 0 heterocycles. The van der Waals surface area contributed by atoms with Crippen LogP contribution >= 0.6 is 0 Å². The molecule has 92 valence electrons. The van der Waals surface area contributed by atoms with Crippen LogP contribution < -0.4 is 5.73 Å². The van der Waals surface area contributed by atoms with Crippen LogP contribution in [0.2, 0.25) is 0 Å². The largest absolute Gasteiger partial charge is 0.502 e. The van der Waals surface area contributed by atoms with Crippen LogP contribution in [0.3, 0.4) is 0 Å². The predicted molar refractivity (Wildman–Crippen MR) is 54.9 cm³/mol. The van der Waals surface area contributed by atoms with E-state index in [2.05, 4.69) is 0 Å². The summed E-state index contributed by atoms with van der Waals surface area (Å²) in [6.07, 6.45) is -3.56. The maximum atomic E-state index is 10.6. The highest BCUT2D eigenvalue weighted by Crippen LogP contribution is 2.29. The summed E-state index contributed by atoms with van der Waals surface area (Å²) in [7, 11) is 0. The average Bonchev–Trinajstić information content (AvgIpc) is 2.27. The number of nitro benzene ring substituents is 1. The minimum atomic E-state index is -1.88. The van der Waals surface area contributed by atoms with Crippen LogP contribution in [0.1, 0.15) is 11.7 Å². The molecule has 0 aliphatic heterocycles. The summed E-state index contributed by atoms with van der Waals surface area (Å²) in [5.41, 5.74) is 4.03. The number of rotatable bonds is 4. The lowest BCUT2D eigenvalue weighted by Crippen LogP contribution is -2.33. The molecule has 1 rings (SSSR count). The topological polar surface area (TPSA) is 147 Å². The van der Waals surface area contributed by atoms with Gasteiger partial charge < -0.3 is 21.1 Å². The molecule has 0 saturated heterocycles. The van der Waals surface area contributed by atoms with Gasteiger partial charge in [0.25, 0.3) is 0 Å². The first kappa shape index (κ1) is 12.9. The van der Waals surface area contributed by atoms with Gasteiger partial charge in [-0.1, -0.05) is 6.07 Å². The summed E-state index contributed by atoms with van der Waals surface area (Å²) < 4.78 is 0. The highest BCUT2D eigenvalue weighted by Gasteiger charge is 2.25. The van der Waals surface area contributed by atoms with Crippen LogP contribution in [-0.2, 0) is 4.79 Å². The van der Waals surface area contributed by atoms with Crippen molar-refractivity contribution >= 4 is 11.6 Å². The molecular formula is C9H10N2O6. The van der Waals surface area contributed by atoms with Gasteiger partial charge in [0.1, 0.15) is 6.10 Å². The zero-order valence-electron chi connectivity index (χ0n) is 8.48. The van der Waals surface area contributed by atoms with Crippen LogP contribution in [0.5, 0.6) is 5.75 Å². The van der Waals surface area contributed by atoms with Crippen LogP contribution in [0.4, 0.5) is 5.69 Å². The molecule has 0 spiro atoms. The average molecular weight is 242 g/mol. The number of nitro groups is 1. The van der Waals surface area contributed by atoms with Crippen LogP contribution in [-0.4, -0.2) is 32.3 Å². The number of hydrogen-bond acceptors (Lipinski definition) is 6. The number of carbonyl (C=O) groups is 1. The third-order valence-corrected chi connectivity index (χ3v) is 2.13. The van der Waals surface area contributed by atoms with E-state index in [-0.39, 0.29) is 5.56 Å². The molecule has 2 atom stereocenters. The summed E-state index contributed by atoms with van der Waals surface area (Å²) in [5.74, 6) is -1.74. The number of carbonyl (C=O) groups excluding carboxylic acids is 1. The molecule has 2 unspecified atom stereocenters. The lowest BCUT2D eigenvalue weighted by molar-refractivity contribution is -0.386. The van der Waals surface area contributed by atoms with Gasteiger partial charge in [-0.2, -0.15) is 0 Å². The monoisotopic (exact) mass is 242 g/mol. The normalized spacial score (nSPS) is 14.0. The zero-order valence-corrected chi connectivity index (χ0v) is 8.48. The number of nitrogens with two attached hydrogens (primary N) is 1. The quantitative estimate of drug-likeness (QED) is 0.400. The first-order valence-corrected chi connectivity index (χ1v) is 4.47. The zero-order chi connectivity index (χ0) is 13.2. The van der Waals surface area contributed by atoms with Crippen molar-refractivity contribution in [1.29, 1.82) is 0 Å². The Morgan fingerprint density at radius 2 is 2.00 bits per heavy atom. The molecule has 5 N–H and O–H groups in total. The molecular weight excluding hydrogens is 232 g/mol. The Bertz CT molecular complexity index is 461. The summed E-state index contributed by atoms with van der Waals surface area (Å²) >= 11 is 0. The van der Waals surface area contributed by atoms with Crippen molar-refractivity contribution in [1.82, 2.24) is 0 Å². The Morgan fingerprint density at radius 1 is 1.41 bits per heavy atom. The molecule has 1 amide bonds. The SMILES string of the molecule is NC(=O)C(O)C(O)c1ccc(O)c([N+](=O)[O-])c1. The van der Waals surface area contributed by atoms with E-state index in [9.17, 15) is 25.1 Å². The third-order valence-electron chi connectivity index (χ3n) is 2.13. The smallest absolute Gasteiger partial charge is 0.311 e. The van der Waals surface area contributed by atoms with E-state index in [0.29, 0.717) is 0 Å². The summed E-state index contributed by atoms with van der Waals surface area (Å²) in [6, 6.07) is 2.97. The summed E-state index contributed by atoms with van der Waals surface area (Å²) in [5, 5.41) is 38.4. The summed E-state index contributed by atoms with van der Waals surface area (Å²) in [6.45, 7) is 0. The Labute approximate surface area is 95.1 Å². The molecule has 8 heteroatoms. The van der Waals surface area contributed by atoms with Gasteiger partial charge >= 0.3 is 5.69 Å². The molecule has 0 saturated carbocycles. The maximum Gasteiger partial charge on any atom is 0.311 e. The van der Waals surface area contributed by atoms with E-state index < -0.39 is 34.5 Å². The van der Waals surface area contributed by atoms with Gasteiger partial charge in [-0.05, 0) is 11.6 Å². The van der Waals surface area contributed by atoms with E-state index >= 15 is 0 Å². The van der Waals surface area contributed by atoms with Crippen molar-refractivity contribution < 1.29 is 25.0 Å². The second-order valence-electron chi connectivity index (χ2n) is 3.30. The van der Waals surface area contributed by atoms with Crippen molar-refractivity contribution in [3.05, 3.63) is 33.9 Å². The minimum absolute atomic E-state index is 0.0965. The van der Waals surface area contributed by atoms with Gasteiger partial charge in [0.05, 0.1) is 4.92 Å². The molecule has 0 aliphatic carbocycles. The number of amides is 1. The van der Waals surface area contributed by atoms with Gasteiger partial charge in [0.15, 0.2) is 11.9 Å². The highest BCUT2D eigenvalue weighted by molar-refractivity contribution is 5.79. The molecule has 0 bridgehead atoms. The molecule has 17 heavy (non-hydrogen) atoms. The number of aromatic hydroxyl groups is 1. The van der Waals surface area contributed by atoms with Gasteiger partial charge in [0, 0.05) is 6.07 Å². The molecule has 1 aromatic carbocycles. The number of aliphatic hydroxyl groups is 2. The van der Waals surface area contributed by atoms with E-state index in [4.69, 9.17) is 10.8 Å². The van der Waals surface area contributed by atoms with E-state index in [1.807, 2.05) is 0 Å². The molecule has 0 fully saturated rings. The van der Waals surface area contributed by atoms with Crippen LogP contribution in [0, 0.1) is 10.1 Å². The van der Waals surface area contributed by atoms with Crippen molar-refractivity contribution in [2.45, 2.75) is 12.2 Å². The predicted octanol–water partition coefficient (Wildman–Crippen LogP) is -0.820. The first-order valence-electron chi connectivity index (χ1n) is 4.47. The molecule has 8 nitrogen and oxygen atoms in total. The second-order valence-corrected chi connectivity index (χ2v) is 3.30. The maximum absolute atomic E-state index is 10.6. The highest BCUT2D eigenvalue weighted by atomic mass is 16.6. The number of phenolic OH excluding ortho intramolecular Hbond substituents is 1. The van der Waals surface area contributed by atoms with Gasteiger partial charge in [-0.3, -0.25) is 14.9 Å². The molecule has 1 aromatic rings. The Kier molecular flexibility index (Phi) is 3.61. The van der Waals surface area contributed by atoms with Crippen LogP contribution in [0.15, 0.2) is 18.2 Å². The van der Waals surface area contributed by atoms with E-state index in [1.165, 1.54) is 0 Å². The van der Waals surface area contributed by atoms with Crippen LogP contribution in [0.25, 0.3) is 0 Å². The second kappa shape index (κ2) is 4.76. The standard InChI is InChI=1S/C9H10N2O6/c10-9(15)8(14)7(13)4-1-2-6(12)5(3-4)11(16)17/h1-3,7-8,12-14H,(H2,10,15). The molecule has 0 aliphatic rings. The molecule has 0 radical (unpaired) electrons. The summed E-state index contributed by atoms with van der Waals surface area (Å²) in [4.78, 5) is 20.3. The van der Waals surface area contributed by atoms with Crippen molar-refractivity contribution in [3.63, 3.8) is 0 Å². The number of phenols is 1. The Hall–Kier alpha value is -2.19. The fourth-order valence-corrected chi connectivity index (χ4v) is 1.21. The lowest BCUT2D eigenvalue weighted by atomic mass is 10.0. The van der Waals surface area contributed by atoms with Crippen molar-refractivity contribution in [2.24, 2.45) is 5.73 Å². The fraction of sp³-hybridized carbons (Fsp3) is 0.222. The lowest BCUT2D eigenvalue weighted by Gasteiger charge is -2.14. The fourth-order valence-electron chi connectivity index (χ4n) is 1.21. The Balaban J connectivity index is 3.11. The number of primary amides is 1. The first-order chi connectivity index (χ1) is 7.84. The van der Waals surface area contributed by atoms with E-state index in [0.717, 1.165) is 18.2 Å². The number of aliphatic hydroxyl groups excluding tert-OH is 2. The number of nitrogens with zero attached hydrogens (tertiary/aromatic N) is 1. The van der Waals surface area contributed by atoms with Gasteiger partial charge in [-0.15, -0.1) is 0 Å². The number of hydrogen-bond donors (Lipinski definition) is 4. The van der Waals surface area contributed by atoms with E-state index in [1.54, 1.807) is 0 Å². The Morgan fingerprint density at radius 3 is 2.47 bits per heavy atom. The van der Waals surface area contributed by atoms with Crippen molar-refractivity contribution in [3.8, 4) is 5.75 Å². The van der Waals surface area contributed by atoms with Gasteiger partial charge in [-0.25, -0.2) is 0 Å². The minimum Gasteiger partial charge on any atom is -0.502 e. The van der Waals surface area contributed by atoms with Crippen molar-refractivity contribution in [2.75, 3.05) is 0 Å².